The zero-order chi connectivity index (χ0) is 22.2. The maximum atomic E-state index is 13.3. The number of rotatable bonds is 5. The molecule has 2 aromatic heterocycles. The number of carbonyl (C=O) groups excluding carboxylic acids is 1. The summed E-state index contributed by atoms with van der Waals surface area (Å²) < 4.78 is 15.2. The number of amides is 1. The zero-order valence-corrected chi connectivity index (χ0v) is 18.5. The summed E-state index contributed by atoms with van der Waals surface area (Å²) >= 11 is 0. The van der Waals surface area contributed by atoms with Gasteiger partial charge in [0.2, 0.25) is 5.91 Å². The molecule has 0 N–H and O–H groups in total. The van der Waals surface area contributed by atoms with Crippen molar-refractivity contribution in [3.8, 4) is 0 Å². The second-order valence-corrected chi connectivity index (χ2v) is 8.65. The lowest BCUT2D eigenvalue weighted by molar-refractivity contribution is -0.119. The SMILES string of the molecule is Cc1nc([C@@H]2CCCN2Cc2ccnn2C)nc2c1CCC(=O)N2Cc1ccc(F)cc1. The topological polar surface area (TPSA) is 67.2 Å². The van der Waals surface area contributed by atoms with E-state index in [-0.39, 0.29) is 17.8 Å². The molecule has 0 aliphatic carbocycles. The molecular weight excluding hydrogens is 407 g/mol. The molecule has 32 heavy (non-hydrogen) atoms. The van der Waals surface area contributed by atoms with Gasteiger partial charge in [0.1, 0.15) is 17.5 Å². The maximum Gasteiger partial charge on any atom is 0.228 e. The first kappa shape index (κ1) is 20.8. The summed E-state index contributed by atoms with van der Waals surface area (Å²) in [6.07, 6.45) is 4.98. The molecule has 0 unspecified atom stereocenters. The van der Waals surface area contributed by atoms with Gasteiger partial charge in [-0.2, -0.15) is 5.10 Å². The third-order valence-electron chi connectivity index (χ3n) is 6.56. The summed E-state index contributed by atoms with van der Waals surface area (Å²) in [6, 6.07) is 8.44. The number of anilines is 1. The summed E-state index contributed by atoms with van der Waals surface area (Å²) in [5, 5.41) is 4.28. The molecule has 7 nitrogen and oxygen atoms in total. The molecule has 0 bridgehead atoms. The Kier molecular flexibility index (Phi) is 5.46. The van der Waals surface area contributed by atoms with Gasteiger partial charge in [0.05, 0.1) is 18.3 Å². The number of fused-ring (bicyclic) bond motifs is 1. The second kappa shape index (κ2) is 8.43. The van der Waals surface area contributed by atoms with Gasteiger partial charge in [-0.25, -0.2) is 14.4 Å². The Hall–Kier alpha value is -3.13. The predicted molar refractivity (Wildman–Crippen MR) is 118 cm³/mol. The fourth-order valence-corrected chi connectivity index (χ4v) is 4.76. The highest BCUT2D eigenvalue weighted by molar-refractivity contribution is 5.95. The molecule has 0 radical (unpaired) electrons. The lowest BCUT2D eigenvalue weighted by Crippen LogP contribution is -2.37. The standard InChI is InChI=1S/C24H27FN6O/c1-16-20-9-10-22(32)31(14-17-5-7-18(25)8-6-17)24(20)28-23(27-16)21-4-3-13-30(21)15-19-11-12-26-29(19)2/h5-8,11-12,21H,3-4,9-10,13-15H2,1-2H3/t21-/m0/s1. The Morgan fingerprint density at radius 3 is 2.66 bits per heavy atom. The van der Waals surface area contributed by atoms with Crippen molar-refractivity contribution in [3.63, 3.8) is 0 Å². The van der Waals surface area contributed by atoms with E-state index in [9.17, 15) is 9.18 Å². The van der Waals surface area contributed by atoms with Gasteiger partial charge in [-0.3, -0.25) is 19.3 Å². The zero-order valence-electron chi connectivity index (χ0n) is 18.5. The molecule has 4 heterocycles. The first-order valence-electron chi connectivity index (χ1n) is 11.1. The molecule has 166 valence electrons. The molecule has 3 aromatic rings. The van der Waals surface area contributed by atoms with Crippen molar-refractivity contribution in [1.29, 1.82) is 0 Å². The van der Waals surface area contributed by atoms with Crippen LogP contribution >= 0.6 is 0 Å². The van der Waals surface area contributed by atoms with E-state index >= 15 is 0 Å². The van der Waals surface area contributed by atoms with Crippen molar-refractivity contribution >= 4 is 11.7 Å². The van der Waals surface area contributed by atoms with E-state index in [1.54, 1.807) is 17.0 Å². The van der Waals surface area contributed by atoms with Gasteiger partial charge in [-0.1, -0.05) is 12.1 Å². The molecule has 2 aliphatic rings. The van der Waals surface area contributed by atoms with E-state index in [0.717, 1.165) is 54.3 Å². The molecule has 1 saturated heterocycles. The van der Waals surface area contributed by atoms with Crippen molar-refractivity contribution in [2.24, 2.45) is 7.05 Å². The fourth-order valence-electron chi connectivity index (χ4n) is 4.76. The smallest absolute Gasteiger partial charge is 0.228 e. The number of carbonyl (C=O) groups is 1. The summed E-state index contributed by atoms with van der Waals surface area (Å²) in [7, 11) is 1.96. The number of hydrogen-bond acceptors (Lipinski definition) is 5. The van der Waals surface area contributed by atoms with Crippen LogP contribution in [-0.2, 0) is 31.4 Å². The molecule has 0 spiro atoms. The normalized spacial score (nSPS) is 18.9. The Labute approximate surface area is 186 Å². The van der Waals surface area contributed by atoms with Crippen LogP contribution < -0.4 is 4.90 Å². The Morgan fingerprint density at radius 2 is 1.91 bits per heavy atom. The van der Waals surface area contributed by atoms with Gasteiger partial charge in [0.25, 0.3) is 0 Å². The van der Waals surface area contributed by atoms with Gasteiger partial charge in [-0.15, -0.1) is 0 Å². The third-order valence-corrected chi connectivity index (χ3v) is 6.56. The molecule has 8 heteroatoms. The summed E-state index contributed by atoms with van der Waals surface area (Å²) in [5.41, 5.74) is 4.00. The third kappa shape index (κ3) is 3.90. The molecule has 5 rings (SSSR count). The largest absolute Gasteiger partial charge is 0.292 e. The van der Waals surface area contributed by atoms with Crippen LogP contribution in [0.2, 0.25) is 0 Å². The van der Waals surface area contributed by atoms with E-state index in [1.807, 2.05) is 30.9 Å². The Morgan fingerprint density at radius 1 is 1.09 bits per heavy atom. The summed E-state index contributed by atoms with van der Waals surface area (Å²) in [4.78, 5) is 26.8. The number of benzene rings is 1. The Balaban J connectivity index is 1.47. The quantitative estimate of drug-likeness (QED) is 0.615. The molecule has 0 saturated carbocycles. The number of halogens is 1. The van der Waals surface area contributed by atoms with Crippen molar-refractivity contribution < 1.29 is 9.18 Å². The van der Waals surface area contributed by atoms with Gasteiger partial charge >= 0.3 is 0 Å². The van der Waals surface area contributed by atoms with Crippen LogP contribution in [0.4, 0.5) is 10.2 Å². The highest BCUT2D eigenvalue weighted by Gasteiger charge is 2.33. The van der Waals surface area contributed by atoms with Crippen LogP contribution in [0, 0.1) is 12.7 Å². The maximum absolute atomic E-state index is 13.3. The van der Waals surface area contributed by atoms with Crippen molar-refractivity contribution in [1.82, 2.24) is 24.6 Å². The van der Waals surface area contributed by atoms with Crippen LogP contribution in [0.15, 0.2) is 36.5 Å². The van der Waals surface area contributed by atoms with E-state index < -0.39 is 0 Å². The highest BCUT2D eigenvalue weighted by Crippen LogP contribution is 2.35. The number of hydrogen-bond donors (Lipinski definition) is 0. The molecule has 1 fully saturated rings. The minimum Gasteiger partial charge on any atom is -0.292 e. The number of nitrogens with zero attached hydrogens (tertiary/aromatic N) is 6. The fraction of sp³-hybridized carbons (Fsp3) is 0.417. The van der Waals surface area contributed by atoms with Crippen molar-refractivity contribution in [3.05, 3.63) is 70.7 Å². The van der Waals surface area contributed by atoms with Crippen molar-refractivity contribution in [2.75, 3.05) is 11.4 Å². The van der Waals surface area contributed by atoms with Gasteiger partial charge in [-0.05, 0) is 56.5 Å². The number of aryl methyl sites for hydroxylation is 2. The second-order valence-electron chi connectivity index (χ2n) is 8.65. The van der Waals surface area contributed by atoms with Crippen LogP contribution in [0.25, 0.3) is 0 Å². The lowest BCUT2D eigenvalue weighted by atomic mass is 10.0. The van der Waals surface area contributed by atoms with Gasteiger partial charge < -0.3 is 0 Å². The molecule has 1 aromatic carbocycles. The van der Waals surface area contributed by atoms with E-state index in [2.05, 4.69) is 10.00 Å². The van der Waals surface area contributed by atoms with E-state index in [1.165, 1.54) is 12.1 Å². The predicted octanol–water partition coefficient (Wildman–Crippen LogP) is 3.47. The minimum absolute atomic E-state index is 0.0454. The summed E-state index contributed by atoms with van der Waals surface area (Å²) in [6.45, 7) is 4.16. The molecule has 2 aliphatic heterocycles. The van der Waals surface area contributed by atoms with Crippen LogP contribution in [0.5, 0.6) is 0 Å². The molecule has 1 amide bonds. The first-order valence-corrected chi connectivity index (χ1v) is 11.1. The lowest BCUT2D eigenvalue weighted by Gasteiger charge is -2.31. The van der Waals surface area contributed by atoms with Crippen LogP contribution in [0.3, 0.4) is 0 Å². The van der Waals surface area contributed by atoms with Gasteiger partial charge in [0, 0.05) is 37.5 Å². The van der Waals surface area contributed by atoms with Crippen LogP contribution in [-0.4, -0.2) is 37.1 Å². The minimum atomic E-state index is -0.283. The van der Waals surface area contributed by atoms with E-state index in [4.69, 9.17) is 9.97 Å². The molecule has 1 atom stereocenters. The first-order chi connectivity index (χ1) is 15.5. The van der Waals surface area contributed by atoms with Crippen molar-refractivity contribution in [2.45, 2.75) is 51.7 Å². The monoisotopic (exact) mass is 434 g/mol. The average Bonchev–Trinajstić information content (AvgIpc) is 3.41. The molecular formula is C24H27FN6O. The van der Waals surface area contributed by atoms with E-state index in [0.29, 0.717) is 25.2 Å². The van der Waals surface area contributed by atoms with Crippen LogP contribution in [0.1, 0.15) is 53.6 Å². The van der Waals surface area contributed by atoms with Gasteiger partial charge in [0.15, 0.2) is 0 Å². The summed E-state index contributed by atoms with van der Waals surface area (Å²) in [5.74, 6) is 1.25. The number of likely N-dealkylation sites (tertiary alicyclic amines) is 1. The highest BCUT2D eigenvalue weighted by atomic mass is 19.1. The Bertz CT molecular complexity index is 1140. The number of aromatic nitrogens is 4. The average molecular weight is 435 g/mol.